The number of hydrogen-bond donors (Lipinski definition) is 1. The average Bonchev–Trinajstić information content (AvgIpc) is 2.51. The van der Waals surface area contributed by atoms with E-state index in [2.05, 4.69) is 37.9 Å². The molecule has 1 aromatic carbocycles. The second-order valence-electron chi connectivity index (χ2n) is 6.99. The zero-order valence-electron chi connectivity index (χ0n) is 14.8. The van der Waals surface area contributed by atoms with Crippen molar-refractivity contribution in [1.29, 1.82) is 0 Å². The van der Waals surface area contributed by atoms with Crippen LogP contribution in [0.1, 0.15) is 27.7 Å². The van der Waals surface area contributed by atoms with Crippen LogP contribution < -0.4 is 10.1 Å². The predicted molar refractivity (Wildman–Crippen MR) is 95.6 cm³/mol. The number of rotatable bonds is 6. The van der Waals surface area contributed by atoms with Gasteiger partial charge in [0, 0.05) is 30.2 Å². The molecule has 1 aliphatic heterocycles. The lowest BCUT2D eigenvalue weighted by molar-refractivity contribution is -0.124. The SMILES string of the molecule is C[C@@H]1CN(C(C)(C)CNC(=O)COc2ccc(Cl)cc2)C[C@@H](C)O1. The molecule has 134 valence electrons. The van der Waals surface area contributed by atoms with E-state index in [-0.39, 0.29) is 30.3 Å². The molecule has 1 aliphatic rings. The Balaban J connectivity index is 1.78. The summed E-state index contributed by atoms with van der Waals surface area (Å²) in [5.41, 5.74) is -0.137. The van der Waals surface area contributed by atoms with Crippen molar-refractivity contribution in [2.75, 3.05) is 26.2 Å². The molecule has 1 fully saturated rings. The molecule has 1 amide bonds. The smallest absolute Gasteiger partial charge is 0.258 e. The van der Waals surface area contributed by atoms with Gasteiger partial charge in [-0.05, 0) is 52.0 Å². The molecule has 1 N–H and O–H groups in total. The number of halogens is 1. The highest BCUT2D eigenvalue weighted by molar-refractivity contribution is 6.30. The number of carbonyl (C=O) groups excluding carboxylic acids is 1. The van der Waals surface area contributed by atoms with Crippen LogP contribution in [0, 0.1) is 0 Å². The van der Waals surface area contributed by atoms with Crippen LogP contribution >= 0.6 is 11.6 Å². The quantitative estimate of drug-likeness (QED) is 0.853. The lowest BCUT2D eigenvalue weighted by atomic mass is 10.00. The topological polar surface area (TPSA) is 50.8 Å². The number of morpholine rings is 1. The molecule has 0 saturated carbocycles. The summed E-state index contributed by atoms with van der Waals surface area (Å²) in [6.45, 7) is 10.7. The molecule has 2 atom stereocenters. The van der Waals surface area contributed by atoms with Gasteiger partial charge >= 0.3 is 0 Å². The number of nitrogens with one attached hydrogen (secondary N) is 1. The molecular weight excluding hydrogens is 328 g/mol. The molecule has 1 heterocycles. The maximum Gasteiger partial charge on any atom is 0.258 e. The summed E-state index contributed by atoms with van der Waals surface area (Å²) in [6, 6.07) is 6.96. The Kier molecular flexibility index (Phi) is 6.49. The summed E-state index contributed by atoms with van der Waals surface area (Å²) < 4.78 is 11.2. The number of carbonyl (C=O) groups is 1. The molecule has 1 saturated heterocycles. The van der Waals surface area contributed by atoms with Gasteiger partial charge in [0.15, 0.2) is 6.61 Å². The second-order valence-corrected chi connectivity index (χ2v) is 7.43. The van der Waals surface area contributed by atoms with Crippen LogP contribution in [0.2, 0.25) is 5.02 Å². The molecule has 0 radical (unpaired) electrons. The minimum Gasteiger partial charge on any atom is -0.484 e. The van der Waals surface area contributed by atoms with Crippen molar-refractivity contribution in [3.63, 3.8) is 0 Å². The molecule has 0 aliphatic carbocycles. The van der Waals surface area contributed by atoms with Gasteiger partial charge in [-0.2, -0.15) is 0 Å². The van der Waals surface area contributed by atoms with Crippen LogP contribution in [0.4, 0.5) is 0 Å². The summed E-state index contributed by atoms with van der Waals surface area (Å²) >= 11 is 5.82. The summed E-state index contributed by atoms with van der Waals surface area (Å²) in [5.74, 6) is 0.497. The Morgan fingerprint density at radius 1 is 1.29 bits per heavy atom. The van der Waals surface area contributed by atoms with E-state index in [1.807, 2.05) is 0 Å². The highest BCUT2D eigenvalue weighted by Gasteiger charge is 2.33. The Labute approximate surface area is 149 Å². The molecule has 6 heteroatoms. The van der Waals surface area contributed by atoms with Gasteiger partial charge < -0.3 is 14.8 Å². The molecule has 1 aromatic rings. The first-order valence-electron chi connectivity index (χ1n) is 8.32. The molecule has 2 rings (SSSR count). The van der Waals surface area contributed by atoms with E-state index in [1.165, 1.54) is 0 Å². The summed E-state index contributed by atoms with van der Waals surface area (Å²) in [6.07, 6.45) is 0.411. The number of benzene rings is 1. The lowest BCUT2D eigenvalue weighted by Crippen LogP contribution is -2.58. The van der Waals surface area contributed by atoms with Gasteiger partial charge in [-0.15, -0.1) is 0 Å². The van der Waals surface area contributed by atoms with Gasteiger partial charge in [-0.25, -0.2) is 0 Å². The van der Waals surface area contributed by atoms with Crippen LogP contribution in [-0.2, 0) is 9.53 Å². The number of nitrogens with zero attached hydrogens (tertiary/aromatic N) is 1. The van der Waals surface area contributed by atoms with E-state index in [0.29, 0.717) is 17.3 Å². The standard InChI is InChI=1S/C18H27ClN2O3/c1-13-9-21(10-14(2)24-13)18(3,4)12-20-17(22)11-23-16-7-5-15(19)6-8-16/h5-8,13-14H,9-12H2,1-4H3,(H,20,22)/t13-,14-/m1/s1. The highest BCUT2D eigenvalue weighted by Crippen LogP contribution is 2.20. The lowest BCUT2D eigenvalue weighted by Gasteiger charge is -2.45. The zero-order chi connectivity index (χ0) is 17.7. The zero-order valence-corrected chi connectivity index (χ0v) is 15.6. The maximum absolute atomic E-state index is 12.0. The van der Waals surface area contributed by atoms with Crippen molar-refractivity contribution in [2.24, 2.45) is 0 Å². The van der Waals surface area contributed by atoms with Crippen molar-refractivity contribution in [2.45, 2.75) is 45.4 Å². The van der Waals surface area contributed by atoms with E-state index < -0.39 is 0 Å². The Hall–Kier alpha value is -1.30. The van der Waals surface area contributed by atoms with E-state index in [4.69, 9.17) is 21.1 Å². The van der Waals surface area contributed by atoms with Gasteiger partial charge in [0.2, 0.25) is 0 Å². The minimum atomic E-state index is -0.137. The Morgan fingerprint density at radius 3 is 2.46 bits per heavy atom. The molecular formula is C18H27ClN2O3. The summed E-state index contributed by atoms with van der Waals surface area (Å²) in [7, 11) is 0. The molecule has 0 spiro atoms. The van der Waals surface area contributed by atoms with Crippen LogP contribution in [0.5, 0.6) is 5.75 Å². The molecule has 24 heavy (non-hydrogen) atoms. The van der Waals surface area contributed by atoms with Gasteiger partial charge in [-0.3, -0.25) is 9.69 Å². The average molecular weight is 355 g/mol. The van der Waals surface area contributed by atoms with Crippen molar-refractivity contribution in [1.82, 2.24) is 10.2 Å². The highest BCUT2D eigenvalue weighted by atomic mass is 35.5. The fourth-order valence-electron chi connectivity index (χ4n) is 2.83. The predicted octanol–water partition coefficient (Wildman–Crippen LogP) is 2.72. The van der Waals surface area contributed by atoms with E-state index in [0.717, 1.165) is 13.1 Å². The van der Waals surface area contributed by atoms with E-state index >= 15 is 0 Å². The van der Waals surface area contributed by atoms with Crippen molar-refractivity contribution in [3.05, 3.63) is 29.3 Å². The largest absolute Gasteiger partial charge is 0.484 e. The first-order chi connectivity index (χ1) is 11.3. The van der Waals surface area contributed by atoms with E-state index in [9.17, 15) is 4.79 Å². The summed E-state index contributed by atoms with van der Waals surface area (Å²) in [5, 5.41) is 3.60. The van der Waals surface area contributed by atoms with Gasteiger partial charge in [0.1, 0.15) is 5.75 Å². The van der Waals surface area contributed by atoms with Crippen LogP contribution in [-0.4, -0.2) is 54.8 Å². The fourth-order valence-corrected chi connectivity index (χ4v) is 2.96. The number of ether oxygens (including phenoxy) is 2. The maximum atomic E-state index is 12.0. The normalized spacial score (nSPS) is 22.2. The third kappa shape index (κ3) is 5.65. The minimum absolute atomic E-state index is 0.00632. The third-order valence-corrected chi connectivity index (χ3v) is 4.43. The molecule has 0 aromatic heterocycles. The van der Waals surface area contributed by atoms with Crippen molar-refractivity contribution >= 4 is 17.5 Å². The van der Waals surface area contributed by atoms with E-state index in [1.54, 1.807) is 24.3 Å². The van der Waals surface area contributed by atoms with Gasteiger partial charge in [0.05, 0.1) is 12.2 Å². The monoisotopic (exact) mass is 354 g/mol. The summed E-state index contributed by atoms with van der Waals surface area (Å²) in [4.78, 5) is 14.4. The molecule has 5 nitrogen and oxygen atoms in total. The van der Waals surface area contributed by atoms with Gasteiger partial charge in [0.25, 0.3) is 5.91 Å². The second kappa shape index (κ2) is 8.19. The first-order valence-corrected chi connectivity index (χ1v) is 8.69. The Bertz CT molecular complexity index is 538. The van der Waals surface area contributed by atoms with Crippen molar-refractivity contribution < 1.29 is 14.3 Å². The fraction of sp³-hybridized carbons (Fsp3) is 0.611. The first kappa shape index (κ1) is 19.0. The van der Waals surface area contributed by atoms with Crippen LogP contribution in [0.25, 0.3) is 0 Å². The molecule has 0 unspecified atom stereocenters. The molecule has 0 bridgehead atoms. The van der Waals surface area contributed by atoms with Gasteiger partial charge in [-0.1, -0.05) is 11.6 Å². The Morgan fingerprint density at radius 2 is 1.88 bits per heavy atom. The van der Waals surface area contributed by atoms with Crippen molar-refractivity contribution in [3.8, 4) is 5.75 Å². The third-order valence-electron chi connectivity index (χ3n) is 4.18. The van der Waals surface area contributed by atoms with Crippen LogP contribution in [0.15, 0.2) is 24.3 Å². The number of amides is 1. The van der Waals surface area contributed by atoms with Crippen LogP contribution in [0.3, 0.4) is 0 Å². The number of hydrogen-bond acceptors (Lipinski definition) is 4.